The molecule has 0 radical (unpaired) electrons. The molecule has 0 N–H and O–H groups in total. The lowest BCUT2D eigenvalue weighted by Gasteiger charge is -2.22. The summed E-state index contributed by atoms with van der Waals surface area (Å²) in [6.45, 7) is 2.11. The Morgan fingerprint density at radius 3 is 2.64 bits per heavy atom. The Morgan fingerprint density at radius 2 is 1.93 bits per heavy atom. The van der Waals surface area contributed by atoms with Crippen LogP contribution in [0.25, 0.3) is 11.1 Å². The third-order valence-corrected chi connectivity index (χ3v) is 4.33. The van der Waals surface area contributed by atoms with Crippen molar-refractivity contribution in [2.45, 2.75) is 26.2 Å². The number of aromatic nitrogens is 1. The van der Waals surface area contributed by atoms with Crippen molar-refractivity contribution in [3.05, 3.63) is 59.8 Å². The fraction of sp³-hybridized carbons (Fsp3) is 0.286. The van der Waals surface area contributed by atoms with E-state index >= 15 is 0 Å². The highest BCUT2D eigenvalue weighted by molar-refractivity contribution is 6.05. The van der Waals surface area contributed by atoms with Crippen LogP contribution >= 0.6 is 0 Å². The van der Waals surface area contributed by atoms with E-state index in [1.165, 1.54) is 20.3 Å². The Balaban J connectivity index is 2.08. The Kier molecular flexibility index (Phi) is 5.93. The van der Waals surface area contributed by atoms with Gasteiger partial charge in [-0.25, -0.2) is 14.6 Å². The van der Waals surface area contributed by atoms with Gasteiger partial charge in [0.05, 0.1) is 19.8 Å². The van der Waals surface area contributed by atoms with Crippen molar-refractivity contribution in [1.29, 1.82) is 0 Å². The number of carbonyl (C=O) groups is 2. The number of oxazole rings is 1. The van der Waals surface area contributed by atoms with Gasteiger partial charge in [-0.3, -0.25) is 0 Å². The standard InChI is InChI=1S/C21H22N2O5/c1-4-5-9-18-22-16-11-10-14(13-17(16)28-18)23-12-7-6-8-15(20(24)26-2)19(23)21(25)27-3/h6-8,10-13H,4-5,9H2,1-3H3. The van der Waals surface area contributed by atoms with Crippen LogP contribution in [-0.4, -0.2) is 31.1 Å². The van der Waals surface area contributed by atoms with Crippen LogP contribution in [0, 0.1) is 0 Å². The maximum atomic E-state index is 12.5. The van der Waals surface area contributed by atoms with E-state index in [1.54, 1.807) is 29.3 Å². The van der Waals surface area contributed by atoms with Crippen LogP contribution in [-0.2, 0) is 25.5 Å². The molecule has 0 aliphatic carbocycles. The molecule has 2 heterocycles. The molecule has 0 spiro atoms. The number of carbonyl (C=O) groups excluding carboxylic acids is 2. The van der Waals surface area contributed by atoms with Crippen molar-refractivity contribution in [1.82, 2.24) is 4.98 Å². The van der Waals surface area contributed by atoms with Crippen LogP contribution in [0.5, 0.6) is 0 Å². The van der Waals surface area contributed by atoms with E-state index in [0.29, 0.717) is 17.2 Å². The summed E-state index contributed by atoms with van der Waals surface area (Å²) in [5.74, 6) is -0.605. The molecule has 2 aromatic rings. The fourth-order valence-corrected chi connectivity index (χ4v) is 2.91. The third kappa shape index (κ3) is 3.83. The first-order valence-corrected chi connectivity index (χ1v) is 9.03. The van der Waals surface area contributed by atoms with Crippen LogP contribution in [0.15, 0.2) is 58.3 Å². The monoisotopic (exact) mass is 382 g/mol. The van der Waals surface area contributed by atoms with Crippen molar-refractivity contribution in [3.63, 3.8) is 0 Å². The van der Waals surface area contributed by atoms with Crippen LogP contribution < -0.4 is 4.90 Å². The van der Waals surface area contributed by atoms with Crippen molar-refractivity contribution < 1.29 is 23.5 Å². The predicted octanol–water partition coefficient (Wildman–Crippen LogP) is 3.66. The molecule has 7 heteroatoms. The average molecular weight is 382 g/mol. The lowest BCUT2D eigenvalue weighted by atomic mass is 10.1. The molecule has 0 unspecified atom stereocenters. The fourth-order valence-electron chi connectivity index (χ4n) is 2.91. The van der Waals surface area contributed by atoms with Gasteiger partial charge in [-0.2, -0.15) is 0 Å². The molecule has 0 fully saturated rings. The second-order valence-electron chi connectivity index (χ2n) is 6.18. The van der Waals surface area contributed by atoms with Crippen molar-refractivity contribution in [2.75, 3.05) is 19.1 Å². The molecule has 1 aromatic heterocycles. The minimum absolute atomic E-state index is 0.0596. The predicted molar refractivity (Wildman–Crippen MR) is 104 cm³/mol. The summed E-state index contributed by atoms with van der Waals surface area (Å²) in [5, 5.41) is 0. The first-order valence-electron chi connectivity index (χ1n) is 9.03. The normalized spacial score (nSPS) is 13.8. The zero-order valence-electron chi connectivity index (χ0n) is 16.1. The highest BCUT2D eigenvalue weighted by Gasteiger charge is 2.27. The molecule has 0 atom stereocenters. The molecule has 1 aliphatic rings. The van der Waals surface area contributed by atoms with Gasteiger partial charge in [0.2, 0.25) is 0 Å². The van der Waals surface area contributed by atoms with Gasteiger partial charge in [-0.15, -0.1) is 0 Å². The second-order valence-corrected chi connectivity index (χ2v) is 6.18. The smallest absolute Gasteiger partial charge is 0.355 e. The van der Waals surface area contributed by atoms with Crippen LogP contribution in [0.2, 0.25) is 0 Å². The second kappa shape index (κ2) is 8.56. The number of aryl methyl sites for hydroxylation is 1. The first kappa shape index (κ1) is 19.4. The number of rotatable bonds is 6. The van der Waals surface area contributed by atoms with E-state index in [4.69, 9.17) is 13.9 Å². The molecule has 0 saturated heterocycles. The minimum atomic E-state index is -0.655. The number of esters is 2. The number of ether oxygens (including phenoxy) is 2. The number of allylic oxidation sites excluding steroid dienone is 2. The summed E-state index contributed by atoms with van der Waals surface area (Å²) < 4.78 is 15.6. The van der Waals surface area contributed by atoms with Gasteiger partial charge in [0.1, 0.15) is 11.2 Å². The van der Waals surface area contributed by atoms with E-state index in [-0.39, 0.29) is 11.3 Å². The summed E-state index contributed by atoms with van der Waals surface area (Å²) in [6.07, 6.45) is 9.39. The van der Waals surface area contributed by atoms with Crippen LogP contribution in [0.1, 0.15) is 25.7 Å². The van der Waals surface area contributed by atoms with Gasteiger partial charge in [0, 0.05) is 24.4 Å². The van der Waals surface area contributed by atoms with Crippen molar-refractivity contribution in [2.24, 2.45) is 0 Å². The van der Waals surface area contributed by atoms with Gasteiger partial charge in [0.25, 0.3) is 0 Å². The molecule has 1 aromatic carbocycles. The molecular weight excluding hydrogens is 360 g/mol. The molecule has 0 amide bonds. The summed E-state index contributed by atoms with van der Waals surface area (Å²) >= 11 is 0. The quantitative estimate of drug-likeness (QED) is 0.705. The van der Waals surface area contributed by atoms with Gasteiger partial charge in [0.15, 0.2) is 11.5 Å². The molecule has 28 heavy (non-hydrogen) atoms. The number of nitrogens with zero attached hydrogens (tertiary/aromatic N) is 2. The molecule has 0 saturated carbocycles. The first-order chi connectivity index (χ1) is 13.6. The van der Waals surface area contributed by atoms with Crippen molar-refractivity contribution >= 4 is 28.7 Å². The van der Waals surface area contributed by atoms with Crippen LogP contribution in [0.3, 0.4) is 0 Å². The number of benzene rings is 1. The molecule has 0 bridgehead atoms. The number of fused-ring (bicyclic) bond motifs is 1. The Labute approximate surface area is 162 Å². The van der Waals surface area contributed by atoms with E-state index in [2.05, 4.69) is 11.9 Å². The maximum Gasteiger partial charge on any atom is 0.355 e. The van der Waals surface area contributed by atoms with Gasteiger partial charge < -0.3 is 18.8 Å². The zero-order valence-corrected chi connectivity index (χ0v) is 16.1. The van der Waals surface area contributed by atoms with Crippen LogP contribution in [0.4, 0.5) is 5.69 Å². The van der Waals surface area contributed by atoms with E-state index < -0.39 is 11.9 Å². The number of hydrogen-bond donors (Lipinski definition) is 0. The average Bonchev–Trinajstić information content (AvgIpc) is 2.99. The number of unbranched alkanes of at least 4 members (excludes halogenated alkanes) is 1. The van der Waals surface area contributed by atoms with Gasteiger partial charge in [-0.05, 0) is 30.7 Å². The summed E-state index contributed by atoms with van der Waals surface area (Å²) in [6, 6.07) is 5.41. The summed E-state index contributed by atoms with van der Waals surface area (Å²) in [4.78, 5) is 30.8. The third-order valence-electron chi connectivity index (χ3n) is 4.33. The molecule has 146 valence electrons. The topological polar surface area (TPSA) is 81.9 Å². The summed E-state index contributed by atoms with van der Waals surface area (Å²) in [5.41, 5.74) is 2.14. The lowest BCUT2D eigenvalue weighted by Crippen LogP contribution is -2.26. The Bertz CT molecular complexity index is 984. The largest absolute Gasteiger partial charge is 0.465 e. The highest BCUT2D eigenvalue weighted by Crippen LogP contribution is 2.29. The number of anilines is 1. The Hall–Kier alpha value is -3.35. The Morgan fingerprint density at radius 1 is 1.14 bits per heavy atom. The molecule has 7 nitrogen and oxygen atoms in total. The van der Waals surface area contributed by atoms with E-state index in [1.807, 2.05) is 12.1 Å². The zero-order chi connectivity index (χ0) is 20.1. The number of methoxy groups -OCH3 is 2. The molecule has 1 aliphatic heterocycles. The minimum Gasteiger partial charge on any atom is -0.465 e. The maximum absolute atomic E-state index is 12.5. The van der Waals surface area contributed by atoms with Gasteiger partial charge >= 0.3 is 11.9 Å². The molecular formula is C21H22N2O5. The SMILES string of the molecule is CCCCc1nc2ccc(N3C=CC=CC(C(=O)OC)=C3C(=O)OC)cc2o1. The molecule has 3 rings (SSSR count). The lowest BCUT2D eigenvalue weighted by molar-refractivity contribution is -0.139. The van der Waals surface area contributed by atoms with Gasteiger partial charge in [-0.1, -0.05) is 19.4 Å². The van der Waals surface area contributed by atoms with E-state index in [9.17, 15) is 9.59 Å². The summed E-state index contributed by atoms with van der Waals surface area (Å²) in [7, 11) is 2.53. The highest BCUT2D eigenvalue weighted by atomic mass is 16.5. The van der Waals surface area contributed by atoms with Crippen molar-refractivity contribution in [3.8, 4) is 0 Å². The number of hydrogen-bond acceptors (Lipinski definition) is 7. The van der Waals surface area contributed by atoms with E-state index in [0.717, 1.165) is 24.8 Å².